The van der Waals surface area contributed by atoms with Crippen LogP contribution in [0.1, 0.15) is 79.4 Å². The highest BCUT2D eigenvalue weighted by atomic mass is 32.2. The molecule has 1 unspecified atom stereocenters. The van der Waals surface area contributed by atoms with Crippen LogP contribution in [0.15, 0.2) is 60.7 Å². The zero-order chi connectivity index (χ0) is 33.1. The van der Waals surface area contributed by atoms with Crippen LogP contribution < -0.4 is 16.0 Å². The van der Waals surface area contributed by atoms with E-state index in [9.17, 15) is 23.1 Å². The minimum Gasteiger partial charge on any atom is -0.389 e. The van der Waals surface area contributed by atoms with Crippen molar-refractivity contribution in [1.29, 1.82) is 0 Å². The Morgan fingerprint density at radius 1 is 0.818 bits per heavy atom. The van der Waals surface area contributed by atoms with Crippen molar-refractivity contribution in [3.63, 3.8) is 0 Å². The van der Waals surface area contributed by atoms with Crippen molar-refractivity contribution in [2.24, 2.45) is 5.92 Å². The number of hydrogen-bond acceptors (Lipinski definition) is 5. The number of carbonyl (C=O) groups is 2. The van der Waals surface area contributed by atoms with Gasteiger partial charge in [0.2, 0.25) is 15.9 Å². The van der Waals surface area contributed by atoms with Crippen molar-refractivity contribution in [3.05, 3.63) is 71.8 Å². The third-order valence-electron chi connectivity index (χ3n) is 7.19. The van der Waals surface area contributed by atoms with Gasteiger partial charge in [0.25, 0.3) is 0 Å². The first-order valence-corrected chi connectivity index (χ1v) is 17.1. The van der Waals surface area contributed by atoms with E-state index in [0.29, 0.717) is 25.2 Å². The average Bonchev–Trinajstić information content (AvgIpc) is 2.91. The van der Waals surface area contributed by atoms with E-state index in [1.54, 1.807) is 20.8 Å². The van der Waals surface area contributed by atoms with Crippen molar-refractivity contribution < 1.29 is 23.1 Å². The Bertz CT molecular complexity index is 1270. The lowest BCUT2D eigenvalue weighted by Crippen LogP contribution is -2.59. The number of aryl methyl sites for hydroxylation is 1. The van der Waals surface area contributed by atoms with Gasteiger partial charge < -0.3 is 21.1 Å². The topological polar surface area (TPSA) is 128 Å². The number of benzene rings is 2. The molecule has 2 rings (SSSR count). The van der Waals surface area contributed by atoms with Crippen molar-refractivity contribution in [2.45, 2.75) is 110 Å². The first kappa shape index (κ1) is 37.2. The fourth-order valence-electron chi connectivity index (χ4n) is 4.93. The Labute approximate surface area is 265 Å². The second-order valence-electron chi connectivity index (χ2n) is 14.0. The zero-order valence-corrected chi connectivity index (χ0v) is 28.6. The third-order valence-corrected chi connectivity index (χ3v) is 9.26. The van der Waals surface area contributed by atoms with Gasteiger partial charge in [-0.15, -0.1) is 0 Å². The number of aliphatic hydroxyl groups excluding tert-OH is 1. The van der Waals surface area contributed by atoms with Crippen LogP contribution in [-0.2, 0) is 27.7 Å². The van der Waals surface area contributed by atoms with Crippen LogP contribution in [0.25, 0.3) is 0 Å². The van der Waals surface area contributed by atoms with Gasteiger partial charge in [-0.25, -0.2) is 13.2 Å². The highest BCUT2D eigenvalue weighted by molar-refractivity contribution is 7.89. The fourth-order valence-corrected chi connectivity index (χ4v) is 6.79. The number of hydrogen-bond donors (Lipinski definition) is 4. The summed E-state index contributed by atoms with van der Waals surface area (Å²) in [6, 6.07) is 17.0. The molecule has 0 aliphatic heterocycles. The number of amides is 3. The maximum atomic E-state index is 13.6. The van der Waals surface area contributed by atoms with E-state index in [0.717, 1.165) is 17.5 Å². The smallest absolute Gasteiger partial charge is 0.315 e. The Morgan fingerprint density at radius 3 is 1.86 bits per heavy atom. The van der Waals surface area contributed by atoms with E-state index in [-0.39, 0.29) is 5.75 Å². The van der Waals surface area contributed by atoms with Crippen molar-refractivity contribution in [1.82, 2.24) is 20.3 Å². The molecule has 0 saturated heterocycles. The highest BCUT2D eigenvalue weighted by Gasteiger charge is 2.36. The van der Waals surface area contributed by atoms with Crippen LogP contribution in [0.5, 0.6) is 0 Å². The third kappa shape index (κ3) is 13.4. The first-order valence-electron chi connectivity index (χ1n) is 15.5. The first-order chi connectivity index (χ1) is 20.4. The Morgan fingerprint density at radius 2 is 1.36 bits per heavy atom. The normalized spacial score (nSPS) is 14.6. The van der Waals surface area contributed by atoms with Crippen LogP contribution in [0, 0.1) is 5.92 Å². The van der Waals surface area contributed by atoms with E-state index >= 15 is 0 Å². The monoisotopic (exact) mass is 630 g/mol. The van der Waals surface area contributed by atoms with Gasteiger partial charge in [-0.3, -0.25) is 4.79 Å². The maximum absolute atomic E-state index is 13.6. The van der Waals surface area contributed by atoms with Crippen molar-refractivity contribution in [3.8, 4) is 0 Å². The summed E-state index contributed by atoms with van der Waals surface area (Å²) in [4.78, 5) is 26.5. The molecule has 0 aromatic heterocycles. The van der Waals surface area contributed by atoms with Gasteiger partial charge in [0.05, 0.1) is 30.5 Å². The van der Waals surface area contributed by atoms with Gasteiger partial charge in [-0.2, -0.15) is 4.31 Å². The van der Waals surface area contributed by atoms with E-state index < -0.39 is 57.8 Å². The molecular formula is C34H54N4O5S. The van der Waals surface area contributed by atoms with Crippen LogP contribution >= 0.6 is 0 Å². The molecule has 0 aliphatic rings. The van der Waals surface area contributed by atoms with E-state index in [1.165, 1.54) is 4.31 Å². The summed E-state index contributed by atoms with van der Waals surface area (Å²) < 4.78 is 28.3. The van der Waals surface area contributed by atoms with Gasteiger partial charge in [0.1, 0.15) is 0 Å². The second-order valence-corrected chi connectivity index (χ2v) is 16.0. The highest BCUT2D eigenvalue weighted by Crippen LogP contribution is 2.20. The van der Waals surface area contributed by atoms with Gasteiger partial charge in [0, 0.05) is 11.1 Å². The molecule has 246 valence electrons. The summed E-state index contributed by atoms with van der Waals surface area (Å²) in [6.45, 7) is 14.6. The predicted molar refractivity (Wildman–Crippen MR) is 178 cm³/mol. The molecule has 10 heteroatoms. The number of nitrogens with one attached hydrogen (secondary N) is 3. The Kier molecular flexibility index (Phi) is 13.9. The Balaban J connectivity index is 2.31. The standard InChI is InChI=1S/C34H54N4O5S/c1-25(2)19-20-28(36-32(41)37-33(3,4)5)31(40)29(23-27-17-13-10-14-18-27)35-30(39)24-38(34(6,7)8)44(42,43)22-21-26-15-11-9-12-16-26/h9-18,25,28-29,31,40H,19-24H2,1-8H3,(H,35,39)(H2,36,37,41)/t28?,29-,31-/m0/s1. The molecule has 3 atom stereocenters. The summed E-state index contributed by atoms with van der Waals surface area (Å²) in [5, 5.41) is 20.5. The van der Waals surface area contributed by atoms with Crippen LogP contribution in [0.2, 0.25) is 0 Å². The van der Waals surface area contributed by atoms with E-state index in [1.807, 2.05) is 81.4 Å². The van der Waals surface area contributed by atoms with Gasteiger partial charge in [-0.05, 0) is 84.3 Å². The SMILES string of the molecule is CC(C)CCC(NC(=O)NC(C)(C)C)[C@H](O)[C@H](Cc1ccccc1)NC(=O)CN(C(C)(C)C)S(=O)(=O)CCc1ccccc1. The number of rotatable bonds is 15. The fraction of sp³-hybridized carbons (Fsp3) is 0.588. The molecule has 2 aromatic rings. The van der Waals surface area contributed by atoms with Crippen molar-refractivity contribution >= 4 is 22.0 Å². The van der Waals surface area contributed by atoms with Crippen molar-refractivity contribution in [2.75, 3.05) is 12.3 Å². The molecule has 0 spiro atoms. The van der Waals surface area contributed by atoms with Gasteiger partial charge >= 0.3 is 6.03 Å². The lowest BCUT2D eigenvalue weighted by atomic mass is 9.92. The molecule has 0 aliphatic carbocycles. The quantitative estimate of drug-likeness (QED) is 0.228. The summed E-state index contributed by atoms with van der Waals surface area (Å²) in [7, 11) is -3.81. The number of carbonyl (C=O) groups excluding carboxylic acids is 2. The molecule has 44 heavy (non-hydrogen) atoms. The molecule has 9 nitrogen and oxygen atoms in total. The largest absolute Gasteiger partial charge is 0.389 e. The molecule has 2 aromatic carbocycles. The minimum absolute atomic E-state index is 0.137. The second kappa shape index (κ2) is 16.4. The van der Waals surface area contributed by atoms with Gasteiger partial charge in [0.15, 0.2) is 0 Å². The lowest BCUT2D eigenvalue weighted by molar-refractivity contribution is -0.123. The van der Waals surface area contributed by atoms with Crippen LogP contribution in [0.4, 0.5) is 4.79 Å². The van der Waals surface area contributed by atoms with Gasteiger partial charge in [-0.1, -0.05) is 74.5 Å². The summed E-state index contributed by atoms with van der Waals surface area (Å²) in [6.07, 6.45) is 0.735. The molecule has 3 amide bonds. The predicted octanol–water partition coefficient (Wildman–Crippen LogP) is 4.65. The lowest BCUT2D eigenvalue weighted by Gasteiger charge is -2.36. The number of urea groups is 1. The molecule has 4 N–H and O–H groups in total. The molecule has 0 heterocycles. The number of aliphatic hydroxyl groups is 1. The molecule has 0 bridgehead atoms. The minimum atomic E-state index is -3.81. The van der Waals surface area contributed by atoms with E-state index in [4.69, 9.17) is 0 Å². The number of nitrogens with zero attached hydrogens (tertiary/aromatic N) is 1. The van der Waals surface area contributed by atoms with E-state index in [2.05, 4.69) is 29.8 Å². The molecular weight excluding hydrogens is 576 g/mol. The maximum Gasteiger partial charge on any atom is 0.315 e. The zero-order valence-electron chi connectivity index (χ0n) is 27.8. The molecule has 0 saturated carbocycles. The summed E-state index contributed by atoms with van der Waals surface area (Å²) in [5.74, 6) is -0.326. The number of sulfonamides is 1. The summed E-state index contributed by atoms with van der Waals surface area (Å²) in [5.41, 5.74) is 0.461. The Hall–Kier alpha value is -2.95. The summed E-state index contributed by atoms with van der Waals surface area (Å²) >= 11 is 0. The van der Waals surface area contributed by atoms with Crippen LogP contribution in [-0.4, -0.2) is 71.3 Å². The molecule has 0 radical (unpaired) electrons. The average molecular weight is 631 g/mol. The molecule has 0 fully saturated rings. The van der Waals surface area contributed by atoms with Crippen LogP contribution in [0.3, 0.4) is 0 Å².